The van der Waals surface area contributed by atoms with Gasteiger partial charge in [-0.1, -0.05) is 72.8 Å². The average Bonchev–Trinajstić information content (AvgIpc) is 2.79. The quantitative estimate of drug-likeness (QED) is 0.478. The van der Waals surface area contributed by atoms with Gasteiger partial charge in [-0.3, -0.25) is 4.57 Å². The zero-order chi connectivity index (χ0) is 20.3. The first-order valence-corrected chi connectivity index (χ1v) is 11.2. The molecule has 1 N–H and O–H groups in total. The molecule has 4 aromatic carbocycles. The average molecular weight is 396 g/mol. The van der Waals surface area contributed by atoms with Crippen molar-refractivity contribution in [2.24, 2.45) is 0 Å². The maximum atomic E-state index is 14.4. The Morgan fingerprint density at radius 2 is 1.28 bits per heavy atom. The summed E-state index contributed by atoms with van der Waals surface area (Å²) < 4.78 is 14.4. The first kappa shape index (κ1) is 19.2. The molecule has 0 aliphatic heterocycles. The van der Waals surface area contributed by atoms with Crippen LogP contribution in [0.3, 0.4) is 0 Å². The van der Waals surface area contributed by atoms with Crippen LogP contribution in [0.1, 0.15) is 12.5 Å². The molecule has 0 radical (unpaired) electrons. The summed E-state index contributed by atoms with van der Waals surface area (Å²) in [5, 5.41) is 16.9. The number of nitrogens with one attached hydrogen (secondary N) is 1. The van der Waals surface area contributed by atoms with Crippen LogP contribution in [0.2, 0.25) is 0 Å². The maximum absolute atomic E-state index is 14.4. The summed E-state index contributed by atoms with van der Waals surface area (Å²) in [4.78, 5) is 0. The van der Waals surface area contributed by atoms with Crippen LogP contribution in [-0.4, -0.2) is 0 Å². The van der Waals surface area contributed by atoms with Gasteiger partial charge >= 0.3 is 0 Å². The second-order valence-electron chi connectivity index (χ2n) is 7.19. The van der Waals surface area contributed by atoms with E-state index in [4.69, 9.17) is 0 Å². The highest BCUT2D eigenvalue weighted by atomic mass is 31.2. The Kier molecular flexibility index (Phi) is 5.07. The van der Waals surface area contributed by atoms with Gasteiger partial charge < -0.3 is 0 Å². The van der Waals surface area contributed by atoms with E-state index in [0.29, 0.717) is 10.6 Å². The van der Waals surface area contributed by atoms with E-state index < -0.39 is 12.8 Å². The largest absolute Gasteiger partial charge is 0.296 e. The predicted molar refractivity (Wildman–Crippen MR) is 120 cm³/mol. The van der Waals surface area contributed by atoms with Crippen molar-refractivity contribution in [3.05, 3.63) is 109 Å². The van der Waals surface area contributed by atoms with E-state index in [2.05, 4.69) is 11.2 Å². The third-order valence-electron chi connectivity index (χ3n) is 5.17. The van der Waals surface area contributed by atoms with Gasteiger partial charge in [-0.25, -0.2) is 5.09 Å². The maximum Gasteiger partial charge on any atom is 0.206 e. The van der Waals surface area contributed by atoms with Crippen molar-refractivity contribution in [1.29, 1.82) is 5.26 Å². The van der Waals surface area contributed by atoms with Crippen LogP contribution in [0, 0.1) is 11.3 Å². The number of benzene rings is 4. The number of nitrogens with zero attached hydrogens (tertiary/aromatic N) is 1. The van der Waals surface area contributed by atoms with Crippen LogP contribution in [-0.2, 0) is 10.1 Å². The molecule has 0 unspecified atom stereocenters. The van der Waals surface area contributed by atoms with Crippen molar-refractivity contribution < 1.29 is 4.57 Å². The summed E-state index contributed by atoms with van der Waals surface area (Å²) >= 11 is 0. The third kappa shape index (κ3) is 3.61. The lowest BCUT2D eigenvalue weighted by atomic mass is 9.93. The summed E-state index contributed by atoms with van der Waals surface area (Å²) in [6, 6.07) is 35.0. The second-order valence-corrected chi connectivity index (χ2v) is 9.67. The van der Waals surface area contributed by atoms with E-state index in [1.54, 1.807) is 6.92 Å². The molecule has 142 valence electrons. The van der Waals surface area contributed by atoms with Crippen LogP contribution in [0.15, 0.2) is 103 Å². The van der Waals surface area contributed by atoms with Gasteiger partial charge in [-0.15, -0.1) is 0 Å². The first-order valence-electron chi connectivity index (χ1n) is 9.46. The Hall–Kier alpha value is -3.18. The topological polar surface area (TPSA) is 52.9 Å². The minimum absolute atomic E-state index is 0.675. The summed E-state index contributed by atoms with van der Waals surface area (Å²) in [6.45, 7) is 1.79. The fourth-order valence-corrected chi connectivity index (χ4v) is 6.07. The molecule has 0 fully saturated rings. The lowest BCUT2D eigenvalue weighted by Gasteiger charge is -2.31. The monoisotopic (exact) mass is 396 g/mol. The normalized spacial score (nSPS) is 13.5. The van der Waals surface area contributed by atoms with Gasteiger partial charge in [0.1, 0.15) is 5.54 Å². The van der Waals surface area contributed by atoms with Crippen molar-refractivity contribution in [3.8, 4) is 6.07 Å². The molecule has 4 aromatic rings. The minimum atomic E-state index is -3.26. The van der Waals surface area contributed by atoms with Crippen molar-refractivity contribution in [1.82, 2.24) is 5.09 Å². The number of hydrogen-bond donors (Lipinski definition) is 1. The van der Waals surface area contributed by atoms with Crippen LogP contribution in [0.5, 0.6) is 0 Å². The molecule has 0 spiro atoms. The molecule has 1 atom stereocenters. The lowest BCUT2D eigenvalue weighted by molar-refractivity contribution is 0.533. The molecule has 29 heavy (non-hydrogen) atoms. The summed E-state index contributed by atoms with van der Waals surface area (Å²) in [6.07, 6.45) is 0. The molecule has 0 aliphatic carbocycles. The van der Waals surface area contributed by atoms with Crippen molar-refractivity contribution in [2.75, 3.05) is 0 Å². The molecular weight excluding hydrogens is 375 g/mol. The molecule has 0 bridgehead atoms. The number of nitriles is 1. The molecular formula is C25H21N2OP. The van der Waals surface area contributed by atoms with Crippen LogP contribution >= 0.6 is 7.29 Å². The lowest BCUT2D eigenvalue weighted by Crippen LogP contribution is -2.41. The summed E-state index contributed by atoms with van der Waals surface area (Å²) in [7, 11) is -3.26. The van der Waals surface area contributed by atoms with Gasteiger partial charge in [0.2, 0.25) is 7.29 Å². The molecule has 4 rings (SSSR count). The number of fused-ring (bicyclic) bond motifs is 1. The SMILES string of the molecule is C[C@](C#N)(NP(=O)(c1ccccc1)c1ccccc1)c1ccc2ccccc2c1. The molecule has 0 heterocycles. The second kappa shape index (κ2) is 7.68. The highest BCUT2D eigenvalue weighted by molar-refractivity contribution is 7.77. The number of hydrogen-bond acceptors (Lipinski definition) is 2. The van der Waals surface area contributed by atoms with E-state index in [0.717, 1.165) is 16.3 Å². The van der Waals surface area contributed by atoms with E-state index in [-0.39, 0.29) is 0 Å². The van der Waals surface area contributed by atoms with Crippen LogP contribution in [0.25, 0.3) is 10.8 Å². The van der Waals surface area contributed by atoms with E-state index in [1.807, 2.05) is 103 Å². The van der Waals surface area contributed by atoms with Gasteiger partial charge in [0.15, 0.2) is 0 Å². The van der Waals surface area contributed by atoms with Crippen molar-refractivity contribution in [2.45, 2.75) is 12.5 Å². The van der Waals surface area contributed by atoms with E-state index >= 15 is 0 Å². The Morgan fingerprint density at radius 3 is 1.83 bits per heavy atom. The zero-order valence-electron chi connectivity index (χ0n) is 16.1. The van der Waals surface area contributed by atoms with E-state index in [1.165, 1.54) is 0 Å². The molecule has 0 amide bonds. The fraction of sp³-hybridized carbons (Fsp3) is 0.0800. The number of rotatable bonds is 5. The summed E-state index contributed by atoms with van der Waals surface area (Å²) in [5.74, 6) is 0. The Morgan fingerprint density at radius 1 is 0.759 bits per heavy atom. The molecule has 3 nitrogen and oxygen atoms in total. The molecule has 0 aliphatic rings. The molecule has 0 saturated heterocycles. The Balaban J connectivity index is 1.85. The fourth-order valence-electron chi connectivity index (χ4n) is 3.52. The third-order valence-corrected chi connectivity index (χ3v) is 7.98. The molecule has 0 aromatic heterocycles. The van der Waals surface area contributed by atoms with Crippen LogP contribution in [0.4, 0.5) is 0 Å². The van der Waals surface area contributed by atoms with Gasteiger partial charge in [0, 0.05) is 10.6 Å². The van der Waals surface area contributed by atoms with Crippen molar-refractivity contribution in [3.63, 3.8) is 0 Å². The summed E-state index contributed by atoms with van der Waals surface area (Å²) in [5.41, 5.74) is -0.351. The molecule has 4 heteroatoms. The van der Waals surface area contributed by atoms with Gasteiger partial charge in [-0.2, -0.15) is 5.26 Å². The zero-order valence-corrected chi connectivity index (χ0v) is 17.0. The van der Waals surface area contributed by atoms with E-state index in [9.17, 15) is 9.83 Å². The molecule has 0 saturated carbocycles. The Labute approximate surface area is 171 Å². The van der Waals surface area contributed by atoms with Crippen molar-refractivity contribution >= 4 is 28.7 Å². The van der Waals surface area contributed by atoms with Gasteiger partial charge in [0.05, 0.1) is 6.07 Å². The predicted octanol–water partition coefficient (Wildman–Crippen LogP) is 5.10. The highest BCUT2D eigenvalue weighted by Crippen LogP contribution is 2.43. The Bertz CT molecular complexity index is 1190. The minimum Gasteiger partial charge on any atom is -0.296 e. The standard InChI is InChI=1S/C25H21N2OP/c1-25(19-26,22-17-16-20-10-8-9-11-21(20)18-22)27-29(28,23-12-4-2-5-13-23)24-14-6-3-7-15-24/h2-18H,1H3,(H,27,28)/t25-/m1/s1. The van der Waals surface area contributed by atoms with Gasteiger partial charge in [-0.05, 0) is 53.6 Å². The smallest absolute Gasteiger partial charge is 0.206 e. The van der Waals surface area contributed by atoms with Crippen LogP contribution < -0.4 is 15.7 Å². The highest BCUT2D eigenvalue weighted by Gasteiger charge is 2.37. The van der Waals surface area contributed by atoms with Gasteiger partial charge in [0.25, 0.3) is 0 Å². The first-order chi connectivity index (χ1) is 14.0.